The zero-order chi connectivity index (χ0) is 90.2. The lowest BCUT2D eigenvalue weighted by Gasteiger charge is -2.21. The van der Waals surface area contributed by atoms with Gasteiger partial charge in [0.15, 0.2) is 0 Å². The molecule has 0 aliphatic heterocycles. The second kappa shape index (κ2) is 30.8. The number of thiophene rings is 1. The summed E-state index contributed by atoms with van der Waals surface area (Å²) in [5.74, 6) is 0. The Labute approximate surface area is 792 Å². The highest BCUT2D eigenvalue weighted by Crippen LogP contribution is 2.52. The Kier molecular flexibility index (Phi) is 17.5. The van der Waals surface area contributed by atoms with Crippen LogP contribution in [-0.4, -0.2) is 27.4 Å². The maximum Gasteiger partial charge on any atom is 0.135 e. The summed E-state index contributed by atoms with van der Waals surface area (Å²) in [7, 11) is 0. The van der Waals surface area contributed by atoms with Crippen LogP contribution in [-0.2, 0) is 5.41 Å². The molecule has 0 saturated carbocycles. The summed E-state index contributed by atoms with van der Waals surface area (Å²) in [6.07, 6.45) is 0. The van der Waals surface area contributed by atoms with Crippen molar-refractivity contribution in [2.75, 3.05) is 0 Å². The van der Waals surface area contributed by atoms with Crippen LogP contribution in [0.5, 0.6) is 0 Å². The van der Waals surface area contributed by atoms with Crippen LogP contribution in [0.2, 0.25) is 0 Å². The third kappa shape index (κ3) is 12.2. The Hall–Kier alpha value is -17.6. The van der Waals surface area contributed by atoms with Crippen LogP contribution >= 0.6 is 11.3 Å². The molecular weight excluding hydrogens is 1680 g/mol. The minimum absolute atomic E-state index is 0.0175. The monoisotopic (exact) mass is 1760 g/mol. The molecule has 642 valence electrons. The maximum absolute atomic E-state index is 6.07. The van der Waals surface area contributed by atoms with Gasteiger partial charge >= 0.3 is 0 Å². The van der Waals surface area contributed by atoms with E-state index in [2.05, 4.69) is 502 Å². The zero-order valence-corrected chi connectivity index (χ0v) is 75.8. The SMILES string of the molecule is CC1(C)c2ccccc2-c2cc(-c3ccc(-n4c5ccccc5c5cc6c(cc54)c4ccccc4n6-c4ccccc4)cc3)ccc21.c1ccc(-n2c3ccccc3c3cc4c(cc32)c2ccccc2n4-c2ccc(-c3ccc4oc5ccccc5c4c3)cc2)cc1.c1ccc(-n2c3ccccc3c3cc4c(cc32)c2ccccc2n4-c2ccc(-c3ccc4sc5ccccc5c4c3)cc2)cc1. The van der Waals surface area contributed by atoms with Crippen LogP contribution in [0.15, 0.2) is 478 Å². The Morgan fingerprint density at radius 2 is 0.438 bits per heavy atom. The second-order valence-corrected chi connectivity index (χ2v) is 38.1. The summed E-state index contributed by atoms with van der Waals surface area (Å²) in [6.45, 7) is 4.68. The number of benzene rings is 21. The first-order valence-corrected chi connectivity index (χ1v) is 48.0. The zero-order valence-electron chi connectivity index (χ0n) is 75.0. The van der Waals surface area contributed by atoms with E-state index in [0.717, 1.165) is 33.3 Å². The van der Waals surface area contributed by atoms with Crippen molar-refractivity contribution in [3.8, 4) is 78.6 Å². The van der Waals surface area contributed by atoms with Gasteiger partial charge in [-0.3, -0.25) is 0 Å². The van der Waals surface area contributed by atoms with E-state index in [0.29, 0.717) is 0 Å². The van der Waals surface area contributed by atoms with E-state index in [1.165, 1.54) is 229 Å². The number of nitrogens with zero attached hydrogens (tertiary/aromatic N) is 6. The molecule has 30 rings (SSSR count). The van der Waals surface area contributed by atoms with Crippen molar-refractivity contribution in [1.82, 2.24) is 27.4 Å². The number of furan rings is 1. The minimum Gasteiger partial charge on any atom is -0.456 e. The highest BCUT2D eigenvalue weighted by atomic mass is 32.1. The minimum atomic E-state index is 0.0175. The predicted octanol–water partition coefficient (Wildman–Crippen LogP) is 35.2. The summed E-state index contributed by atoms with van der Waals surface area (Å²) in [6, 6.07) is 172. The van der Waals surface area contributed by atoms with Crippen LogP contribution in [0.3, 0.4) is 0 Å². The number of para-hydroxylation sites is 10. The van der Waals surface area contributed by atoms with E-state index in [9.17, 15) is 0 Å². The van der Waals surface area contributed by atoms with Gasteiger partial charge in [0.05, 0.1) is 66.2 Å². The molecular formula is C129H84N6OS. The summed E-state index contributed by atoms with van der Waals surface area (Å²) in [5.41, 5.74) is 36.3. The average molecular weight is 1770 g/mol. The highest BCUT2D eigenvalue weighted by molar-refractivity contribution is 7.25. The molecule has 137 heavy (non-hydrogen) atoms. The molecule has 7 nitrogen and oxygen atoms in total. The first kappa shape index (κ1) is 78.1. The van der Waals surface area contributed by atoms with Gasteiger partial charge in [0.1, 0.15) is 11.2 Å². The Morgan fingerprint density at radius 3 is 0.832 bits per heavy atom. The number of hydrogen-bond donors (Lipinski definition) is 0. The Balaban J connectivity index is 0.000000102. The molecule has 21 aromatic carbocycles. The van der Waals surface area contributed by atoms with E-state index in [4.69, 9.17) is 4.42 Å². The molecule has 0 unspecified atom stereocenters. The number of fused-ring (bicyclic) bond motifs is 27. The molecule has 0 spiro atoms. The van der Waals surface area contributed by atoms with Crippen LogP contribution in [0, 0.1) is 0 Å². The summed E-state index contributed by atoms with van der Waals surface area (Å²) < 4.78 is 23.2. The molecule has 0 radical (unpaired) electrons. The Bertz CT molecular complexity index is 9610. The lowest BCUT2D eigenvalue weighted by molar-refractivity contribution is 0.660. The van der Waals surface area contributed by atoms with Gasteiger partial charge in [-0.1, -0.05) is 299 Å². The van der Waals surface area contributed by atoms with E-state index in [1.807, 2.05) is 23.5 Å². The van der Waals surface area contributed by atoms with Gasteiger partial charge < -0.3 is 31.8 Å². The fraction of sp³-hybridized carbons (Fsp3) is 0.0233. The van der Waals surface area contributed by atoms with E-state index < -0.39 is 0 Å². The van der Waals surface area contributed by atoms with Crippen LogP contribution < -0.4 is 0 Å². The molecule has 0 N–H and O–H groups in total. The molecule has 1 aliphatic rings. The first-order valence-electron chi connectivity index (χ1n) is 47.2. The molecule has 0 saturated heterocycles. The quantitative estimate of drug-likeness (QED) is 0.142. The molecule has 29 aromatic rings. The van der Waals surface area contributed by atoms with E-state index in [-0.39, 0.29) is 5.41 Å². The third-order valence-electron chi connectivity index (χ3n) is 29.2. The fourth-order valence-electron chi connectivity index (χ4n) is 22.8. The van der Waals surface area contributed by atoms with Gasteiger partial charge in [-0.2, -0.15) is 0 Å². The highest BCUT2D eigenvalue weighted by Gasteiger charge is 2.36. The standard InChI is InChI=1S/C45H32N2.C42H26N2O.C42H26N2S/c1-45(2)39-17-9-6-14-33(39)36-26-30(22-25-40(36)45)29-20-23-32(24-21-29)47-42-19-11-8-16-35(42)38-27-43-37(28-44(38)47)34-15-7-10-18-41(34)46(43)31-12-4-3-5-13-31;2*1-2-10-29(11-3-1)43-37-15-7-4-12-31(37)34-26-40-35(25-39(34)43)32-13-5-8-16-38(32)44(40)30-21-18-27(19-22-30)28-20-23-42-36(24-28)33-14-6-9-17-41(33)45-42/h3-28H,1-2H3;2*1-26H. The van der Waals surface area contributed by atoms with Gasteiger partial charge in [0.25, 0.3) is 0 Å². The van der Waals surface area contributed by atoms with Crippen LogP contribution in [0.4, 0.5) is 0 Å². The van der Waals surface area contributed by atoms with Gasteiger partial charge in [0, 0.05) is 135 Å². The van der Waals surface area contributed by atoms with Crippen LogP contribution in [0.25, 0.3) is 252 Å². The van der Waals surface area contributed by atoms with Crippen molar-refractivity contribution >= 4 is 184 Å². The van der Waals surface area contributed by atoms with Crippen molar-refractivity contribution in [2.45, 2.75) is 19.3 Å². The molecule has 0 bridgehead atoms. The molecule has 8 aromatic heterocycles. The van der Waals surface area contributed by atoms with Crippen molar-refractivity contribution in [3.63, 3.8) is 0 Å². The molecule has 8 heterocycles. The largest absolute Gasteiger partial charge is 0.456 e. The Morgan fingerprint density at radius 1 is 0.168 bits per heavy atom. The molecule has 1 aliphatic carbocycles. The summed E-state index contributed by atoms with van der Waals surface area (Å²) >= 11 is 1.87. The number of rotatable bonds is 9. The maximum atomic E-state index is 6.07. The smallest absolute Gasteiger partial charge is 0.135 e. The average Bonchev–Trinajstić information content (AvgIpc) is 1.56. The molecule has 0 amide bonds. The van der Waals surface area contributed by atoms with E-state index >= 15 is 0 Å². The molecule has 0 fully saturated rings. The predicted molar refractivity (Wildman–Crippen MR) is 579 cm³/mol. The third-order valence-corrected chi connectivity index (χ3v) is 30.3. The molecule has 0 atom stereocenters. The van der Waals surface area contributed by atoms with Gasteiger partial charge in [-0.15, -0.1) is 11.3 Å². The second-order valence-electron chi connectivity index (χ2n) is 37.0. The topological polar surface area (TPSA) is 42.7 Å². The number of aromatic nitrogens is 6. The lowest BCUT2D eigenvalue weighted by atomic mass is 9.82. The summed E-state index contributed by atoms with van der Waals surface area (Å²) in [5, 5.41) is 20.1. The van der Waals surface area contributed by atoms with Gasteiger partial charge in [-0.05, 0) is 244 Å². The van der Waals surface area contributed by atoms with Crippen molar-refractivity contribution < 1.29 is 4.42 Å². The van der Waals surface area contributed by atoms with Crippen LogP contribution in [0.1, 0.15) is 25.0 Å². The fourth-order valence-corrected chi connectivity index (χ4v) is 23.9. The van der Waals surface area contributed by atoms with Crippen molar-refractivity contribution in [3.05, 3.63) is 484 Å². The van der Waals surface area contributed by atoms with E-state index in [1.54, 1.807) is 0 Å². The van der Waals surface area contributed by atoms with Crippen molar-refractivity contribution in [1.29, 1.82) is 0 Å². The number of hydrogen-bond acceptors (Lipinski definition) is 2. The summed E-state index contributed by atoms with van der Waals surface area (Å²) in [4.78, 5) is 0. The normalized spacial score (nSPS) is 12.5. The first-order chi connectivity index (χ1) is 67.7. The van der Waals surface area contributed by atoms with Gasteiger partial charge in [-0.25, -0.2) is 0 Å². The van der Waals surface area contributed by atoms with Gasteiger partial charge in [0.2, 0.25) is 0 Å². The molecule has 8 heteroatoms. The lowest BCUT2D eigenvalue weighted by Crippen LogP contribution is -2.14. The van der Waals surface area contributed by atoms with Crippen molar-refractivity contribution in [2.24, 2.45) is 0 Å².